The number of ether oxygens (including phenoxy) is 1. The van der Waals surface area contributed by atoms with Gasteiger partial charge < -0.3 is 4.74 Å². The molecule has 26 heavy (non-hydrogen) atoms. The van der Waals surface area contributed by atoms with Gasteiger partial charge in [0.25, 0.3) is 0 Å². The monoisotopic (exact) mass is 368 g/mol. The molecule has 0 radical (unpaired) electrons. The Balaban J connectivity index is 1.58. The fraction of sp³-hybridized carbons (Fsp3) is 0.444. The average Bonchev–Trinajstić information content (AvgIpc) is 3.22. The quantitative estimate of drug-likeness (QED) is 0.495. The third-order valence-corrected chi connectivity index (χ3v) is 6.17. The van der Waals surface area contributed by atoms with Gasteiger partial charge >= 0.3 is 0 Å². The molecule has 0 saturated heterocycles. The van der Waals surface area contributed by atoms with Crippen LogP contribution in [0.15, 0.2) is 35.5 Å². The zero-order valence-corrected chi connectivity index (χ0v) is 16.5. The van der Waals surface area contributed by atoms with Crippen molar-refractivity contribution in [2.24, 2.45) is 4.99 Å². The summed E-state index contributed by atoms with van der Waals surface area (Å²) in [6, 6.07) is 9.20. The highest BCUT2D eigenvalue weighted by atomic mass is 28.3. The van der Waals surface area contributed by atoms with Crippen LogP contribution >= 0.6 is 0 Å². The molecular formula is C18H24N6OSi. The van der Waals surface area contributed by atoms with Crippen molar-refractivity contribution in [3.8, 4) is 0 Å². The zero-order valence-electron chi connectivity index (χ0n) is 15.5. The second-order valence-electron chi connectivity index (χ2n) is 7.81. The third-order valence-electron chi connectivity index (χ3n) is 4.47. The Morgan fingerprint density at radius 1 is 1.23 bits per heavy atom. The van der Waals surface area contributed by atoms with Crippen LogP contribution in [-0.2, 0) is 17.9 Å². The van der Waals surface area contributed by atoms with E-state index in [0.29, 0.717) is 13.3 Å². The molecule has 0 saturated carbocycles. The van der Waals surface area contributed by atoms with Crippen molar-refractivity contribution in [2.45, 2.75) is 38.8 Å². The van der Waals surface area contributed by atoms with Crippen molar-refractivity contribution in [3.63, 3.8) is 0 Å². The highest BCUT2D eigenvalue weighted by Gasteiger charge is 2.25. The molecule has 0 fully saturated rings. The van der Waals surface area contributed by atoms with E-state index in [4.69, 9.17) is 9.73 Å². The lowest BCUT2D eigenvalue weighted by atomic mass is 10.1. The van der Waals surface area contributed by atoms with Gasteiger partial charge in [0.15, 0.2) is 0 Å². The molecule has 8 heteroatoms. The molecule has 0 N–H and O–H groups in total. The Morgan fingerprint density at radius 2 is 2.12 bits per heavy atom. The van der Waals surface area contributed by atoms with Crippen LogP contribution in [0, 0.1) is 0 Å². The number of aromatic nitrogens is 5. The first kappa shape index (κ1) is 17.1. The summed E-state index contributed by atoms with van der Waals surface area (Å²) in [5.41, 5.74) is 4.66. The number of hydrogen-bond donors (Lipinski definition) is 0. The Kier molecular flexibility index (Phi) is 4.45. The predicted octanol–water partition coefficient (Wildman–Crippen LogP) is 2.63. The predicted molar refractivity (Wildman–Crippen MR) is 104 cm³/mol. The van der Waals surface area contributed by atoms with Gasteiger partial charge in [0.2, 0.25) is 0 Å². The van der Waals surface area contributed by atoms with E-state index in [9.17, 15) is 0 Å². The van der Waals surface area contributed by atoms with Crippen LogP contribution in [0.25, 0.3) is 5.52 Å². The summed E-state index contributed by atoms with van der Waals surface area (Å²) in [5, 5.41) is 13.3. The molecular weight excluding hydrogens is 344 g/mol. The lowest BCUT2D eigenvalue weighted by Gasteiger charge is -2.16. The van der Waals surface area contributed by atoms with Crippen LogP contribution < -0.4 is 0 Å². The van der Waals surface area contributed by atoms with Crippen LogP contribution in [0.3, 0.4) is 0 Å². The Bertz CT molecular complexity index is 919. The second-order valence-corrected chi connectivity index (χ2v) is 13.4. The Hall–Kier alpha value is -2.32. The van der Waals surface area contributed by atoms with Gasteiger partial charge in [-0.2, -0.15) is 5.10 Å². The molecule has 0 atom stereocenters. The van der Waals surface area contributed by atoms with Gasteiger partial charge in [0.05, 0.1) is 11.2 Å². The molecule has 0 spiro atoms. The van der Waals surface area contributed by atoms with Crippen molar-refractivity contribution in [2.75, 3.05) is 13.2 Å². The second kappa shape index (κ2) is 6.77. The summed E-state index contributed by atoms with van der Waals surface area (Å²) < 4.78 is 9.56. The SMILES string of the molecule is C[Si](C)(C)CCOCn1nnc2c1C(c1cc3ccccn3n1)=NCC2. The van der Waals surface area contributed by atoms with Crippen LogP contribution in [0.4, 0.5) is 0 Å². The van der Waals surface area contributed by atoms with E-state index in [1.54, 1.807) is 0 Å². The molecule has 0 amide bonds. The van der Waals surface area contributed by atoms with Gasteiger partial charge in [0.1, 0.15) is 23.8 Å². The summed E-state index contributed by atoms with van der Waals surface area (Å²) in [6.45, 7) is 8.92. The van der Waals surface area contributed by atoms with Crippen LogP contribution in [0.2, 0.25) is 25.7 Å². The number of hydrogen-bond acceptors (Lipinski definition) is 5. The van der Waals surface area contributed by atoms with Gasteiger partial charge in [-0.25, -0.2) is 9.20 Å². The third kappa shape index (κ3) is 3.47. The lowest BCUT2D eigenvalue weighted by Crippen LogP contribution is -2.23. The maximum absolute atomic E-state index is 5.88. The minimum absolute atomic E-state index is 0.402. The van der Waals surface area contributed by atoms with Crippen molar-refractivity contribution in [3.05, 3.63) is 47.5 Å². The molecule has 1 aliphatic heterocycles. The maximum Gasteiger partial charge on any atom is 0.141 e. The zero-order chi connectivity index (χ0) is 18.1. The molecule has 3 aromatic rings. The van der Waals surface area contributed by atoms with E-state index < -0.39 is 8.07 Å². The van der Waals surface area contributed by atoms with Crippen LogP contribution in [0.5, 0.6) is 0 Å². The van der Waals surface area contributed by atoms with Gasteiger partial charge in [-0.3, -0.25) is 4.99 Å². The minimum Gasteiger partial charge on any atom is -0.359 e. The molecule has 0 bridgehead atoms. The van der Waals surface area contributed by atoms with Crippen molar-refractivity contribution < 1.29 is 4.74 Å². The molecule has 7 nitrogen and oxygen atoms in total. The maximum atomic E-state index is 5.88. The van der Waals surface area contributed by atoms with Crippen LogP contribution in [-0.4, -0.2) is 51.5 Å². The van der Waals surface area contributed by atoms with E-state index in [2.05, 4.69) is 41.1 Å². The first-order chi connectivity index (χ1) is 12.5. The Labute approximate surface area is 153 Å². The molecule has 4 heterocycles. The number of rotatable bonds is 6. The summed E-state index contributed by atoms with van der Waals surface area (Å²) in [4.78, 5) is 4.73. The minimum atomic E-state index is -1.10. The summed E-state index contributed by atoms with van der Waals surface area (Å²) >= 11 is 0. The topological polar surface area (TPSA) is 69.6 Å². The Morgan fingerprint density at radius 3 is 2.92 bits per heavy atom. The average molecular weight is 369 g/mol. The first-order valence-corrected chi connectivity index (χ1v) is 12.7. The molecule has 0 aromatic carbocycles. The van der Waals surface area contributed by atoms with E-state index in [-0.39, 0.29) is 0 Å². The smallest absolute Gasteiger partial charge is 0.141 e. The lowest BCUT2D eigenvalue weighted by molar-refractivity contribution is 0.0768. The van der Waals surface area contributed by atoms with E-state index in [1.807, 2.05) is 33.6 Å². The fourth-order valence-electron chi connectivity index (χ4n) is 3.00. The molecule has 4 rings (SSSR count). The highest BCUT2D eigenvalue weighted by Crippen LogP contribution is 2.19. The van der Waals surface area contributed by atoms with E-state index in [1.165, 1.54) is 0 Å². The van der Waals surface area contributed by atoms with Crippen molar-refractivity contribution in [1.29, 1.82) is 0 Å². The van der Waals surface area contributed by atoms with E-state index >= 15 is 0 Å². The van der Waals surface area contributed by atoms with Crippen LogP contribution in [0.1, 0.15) is 17.1 Å². The molecule has 1 aliphatic rings. The summed E-state index contributed by atoms with van der Waals surface area (Å²) in [6.07, 6.45) is 2.75. The van der Waals surface area contributed by atoms with Gasteiger partial charge in [-0.15, -0.1) is 5.10 Å². The highest BCUT2D eigenvalue weighted by molar-refractivity contribution is 6.76. The molecule has 136 valence electrons. The van der Waals surface area contributed by atoms with Crippen molar-refractivity contribution >= 4 is 19.3 Å². The van der Waals surface area contributed by atoms with Crippen molar-refractivity contribution in [1.82, 2.24) is 24.6 Å². The fourth-order valence-corrected chi connectivity index (χ4v) is 3.76. The van der Waals surface area contributed by atoms with E-state index in [0.717, 1.165) is 47.4 Å². The standard InChI is InChI=1S/C18H24N6OSi/c1-26(2,3)11-10-25-13-24-18-15(20-22-24)7-8-19-17(18)16-12-14-6-4-5-9-23(14)21-16/h4-6,9,12H,7-8,10-11,13H2,1-3H3. The molecule has 0 aliphatic carbocycles. The summed E-state index contributed by atoms with van der Waals surface area (Å²) in [5.74, 6) is 0. The largest absolute Gasteiger partial charge is 0.359 e. The number of pyridine rings is 1. The number of nitrogens with zero attached hydrogens (tertiary/aromatic N) is 6. The first-order valence-electron chi connectivity index (χ1n) is 9.01. The molecule has 0 unspecified atom stereocenters. The van der Waals surface area contributed by atoms with Gasteiger partial charge in [-0.1, -0.05) is 30.9 Å². The number of fused-ring (bicyclic) bond motifs is 2. The molecule has 3 aromatic heterocycles. The normalized spacial score (nSPS) is 14.5. The summed E-state index contributed by atoms with van der Waals surface area (Å²) in [7, 11) is -1.10. The number of aliphatic imine (C=N–C) groups is 1. The van der Waals surface area contributed by atoms with Gasteiger partial charge in [-0.05, 0) is 24.2 Å². The van der Waals surface area contributed by atoms with Gasteiger partial charge in [0, 0.05) is 33.8 Å².